The summed E-state index contributed by atoms with van der Waals surface area (Å²) in [6.07, 6.45) is 0.699. The van der Waals surface area contributed by atoms with Gasteiger partial charge in [-0.1, -0.05) is 23.9 Å². The quantitative estimate of drug-likeness (QED) is 0.909. The van der Waals surface area contributed by atoms with Gasteiger partial charge in [0.05, 0.1) is 0 Å². The number of aryl methyl sites for hydroxylation is 2. The molecule has 0 radical (unpaired) electrons. The Morgan fingerprint density at radius 1 is 1.05 bits per heavy atom. The lowest BCUT2D eigenvalue weighted by molar-refractivity contribution is 0.623. The highest BCUT2D eigenvalue weighted by Gasteiger charge is 2.07. The molecule has 0 saturated carbocycles. The third-order valence-corrected chi connectivity index (χ3v) is 4.28. The molecule has 0 aromatic heterocycles. The molecule has 100 valence electrons. The van der Waals surface area contributed by atoms with E-state index in [-0.39, 0.29) is 5.82 Å². The second-order valence-electron chi connectivity index (χ2n) is 4.66. The van der Waals surface area contributed by atoms with Crippen LogP contribution >= 0.6 is 11.8 Å². The van der Waals surface area contributed by atoms with Gasteiger partial charge >= 0.3 is 0 Å². The van der Waals surface area contributed by atoms with Crippen molar-refractivity contribution in [3.8, 4) is 0 Å². The van der Waals surface area contributed by atoms with Crippen molar-refractivity contribution in [1.29, 1.82) is 0 Å². The molecule has 0 aliphatic carbocycles. The number of rotatable bonds is 4. The second-order valence-corrected chi connectivity index (χ2v) is 5.75. The van der Waals surface area contributed by atoms with Crippen LogP contribution in [0.15, 0.2) is 46.2 Å². The third kappa shape index (κ3) is 3.58. The first kappa shape index (κ1) is 14.1. The molecular weight excluding hydrogens is 257 g/mol. The molecule has 0 saturated heterocycles. The standard InChI is InChI=1S/C16H18FNS/c1-11-3-4-12(2)16(9-11)19-15-6-5-14(17)10-13(15)7-8-18/h3-6,9-10H,7-8,18H2,1-2H3. The van der Waals surface area contributed by atoms with Crippen molar-refractivity contribution in [2.45, 2.75) is 30.1 Å². The maximum Gasteiger partial charge on any atom is 0.123 e. The summed E-state index contributed by atoms with van der Waals surface area (Å²) in [7, 11) is 0. The van der Waals surface area contributed by atoms with E-state index in [1.165, 1.54) is 22.1 Å². The van der Waals surface area contributed by atoms with Crippen LogP contribution < -0.4 is 5.73 Å². The molecule has 0 aliphatic rings. The van der Waals surface area contributed by atoms with Crippen LogP contribution in [-0.2, 0) is 6.42 Å². The lowest BCUT2D eigenvalue weighted by Crippen LogP contribution is -2.04. The highest BCUT2D eigenvalue weighted by molar-refractivity contribution is 7.99. The van der Waals surface area contributed by atoms with Gasteiger partial charge in [-0.3, -0.25) is 0 Å². The summed E-state index contributed by atoms with van der Waals surface area (Å²) in [6, 6.07) is 11.3. The average Bonchev–Trinajstić information content (AvgIpc) is 2.37. The van der Waals surface area contributed by atoms with Crippen LogP contribution in [0.2, 0.25) is 0 Å². The maximum absolute atomic E-state index is 13.3. The lowest BCUT2D eigenvalue weighted by Gasteiger charge is -2.11. The summed E-state index contributed by atoms with van der Waals surface area (Å²) in [4.78, 5) is 2.30. The zero-order valence-electron chi connectivity index (χ0n) is 11.2. The van der Waals surface area contributed by atoms with E-state index in [1.54, 1.807) is 17.8 Å². The fourth-order valence-electron chi connectivity index (χ4n) is 1.93. The van der Waals surface area contributed by atoms with Crippen molar-refractivity contribution in [2.24, 2.45) is 5.73 Å². The first-order chi connectivity index (χ1) is 9.10. The molecule has 0 fully saturated rings. The van der Waals surface area contributed by atoms with Gasteiger partial charge in [-0.2, -0.15) is 0 Å². The Labute approximate surface area is 118 Å². The van der Waals surface area contributed by atoms with Gasteiger partial charge in [-0.15, -0.1) is 0 Å². The smallest absolute Gasteiger partial charge is 0.123 e. The van der Waals surface area contributed by atoms with E-state index < -0.39 is 0 Å². The molecule has 0 aliphatic heterocycles. The molecule has 2 rings (SSSR count). The molecule has 0 amide bonds. The monoisotopic (exact) mass is 275 g/mol. The van der Waals surface area contributed by atoms with E-state index in [4.69, 9.17) is 5.73 Å². The zero-order chi connectivity index (χ0) is 13.8. The molecule has 2 aromatic carbocycles. The van der Waals surface area contributed by atoms with E-state index in [9.17, 15) is 4.39 Å². The normalized spacial score (nSPS) is 10.7. The van der Waals surface area contributed by atoms with E-state index >= 15 is 0 Å². The predicted octanol–water partition coefficient (Wildman–Crippen LogP) is 4.09. The molecule has 2 aromatic rings. The van der Waals surface area contributed by atoms with Gasteiger partial charge in [0.2, 0.25) is 0 Å². The Morgan fingerprint density at radius 3 is 2.58 bits per heavy atom. The molecule has 0 atom stereocenters. The molecule has 0 bridgehead atoms. The SMILES string of the molecule is Cc1ccc(C)c(Sc2ccc(F)cc2CCN)c1. The molecule has 2 N–H and O–H groups in total. The van der Waals surface area contributed by atoms with Crippen LogP contribution in [0.3, 0.4) is 0 Å². The van der Waals surface area contributed by atoms with Gasteiger partial charge in [0, 0.05) is 9.79 Å². The van der Waals surface area contributed by atoms with Gasteiger partial charge < -0.3 is 5.73 Å². The van der Waals surface area contributed by atoms with Crippen LogP contribution in [0.1, 0.15) is 16.7 Å². The van der Waals surface area contributed by atoms with Crippen molar-refractivity contribution in [3.05, 3.63) is 58.9 Å². The third-order valence-electron chi connectivity index (χ3n) is 3.00. The fraction of sp³-hybridized carbons (Fsp3) is 0.250. The van der Waals surface area contributed by atoms with E-state index in [2.05, 4.69) is 32.0 Å². The lowest BCUT2D eigenvalue weighted by atomic mass is 10.1. The van der Waals surface area contributed by atoms with Crippen molar-refractivity contribution in [1.82, 2.24) is 0 Å². The summed E-state index contributed by atoms with van der Waals surface area (Å²) < 4.78 is 13.3. The van der Waals surface area contributed by atoms with Gasteiger partial charge in [0.15, 0.2) is 0 Å². The van der Waals surface area contributed by atoms with Gasteiger partial charge in [0.1, 0.15) is 5.82 Å². The molecule has 0 spiro atoms. The topological polar surface area (TPSA) is 26.0 Å². The average molecular weight is 275 g/mol. The van der Waals surface area contributed by atoms with Crippen LogP contribution in [-0.4, -0.2) is 6.54 Å². The summed E-state index contributed by atoms with van der Waals surface area (Å²) in [6.45, 7) is 4.70. The van der Waals surface area contributed by atoms with E-state index in [0.29, 0.717) is 13.0 Å². The summed E-state index contributed by atoms with van der Waals surface area (Å²) in [5.74, 6) is -0.200. The summed E-state index contributed by atoms with van der Waals surface area (Å²) in [5, 5.41) is 0. The Hall–Kier alpha value is -1.32. The van der Waals surface area contributed by atoms with Crippen LogP contribution in [0.4, 0.5) is 4.39 Å². The highest BCUT2D eigenvalue weighted by atomic mass is 32.2. The van der Waals surface area contributed by atoms with Crippen LogP contribution in [0.5, 0.6) is 0 Å². The number of nitrogens with two attached hydrogens (primary N) is 1. The highest BCUT2D eigenvalue weighted by Crippen LogP contribution is 2.33. The first-order valence-corrected chi connectivity index (χ1v) is 7.15. The molecule has 19 heavy (non-hydrogen) atoms. The van der Waals surface area contributed by atoms with Gasteiger partial charge in [-0.25, -0.2) is 4.39 Å². The molecular formula is C16H18FNS. The number of hydrogen-bond acceptors (Lipinski definition) is 2. The Balaban J connectivity index is 2.34. The van der Waals surface area contributed by atoms with Crippen molar-refractivity contribution in [2.75, 3.05) is 6.54 Å². The predicted molar refractivity (Wildman–Crippen MR) is 79.2 cm³/mol. The van der Waals surface area contributed by atoms with E-state index in [1.807, 2.05) is 6.07 Å². The van der Waals surface area contributed by atoms with Crippen LogP contribution in [0, 0.1) is 19.7 Å². The minimum atomic E-state index is -0.200. The van der Waals surface area contributed by atoms with Crippen LogP contribution in [0.25, 0.3) is 0 Å². The number of halogens is 1. The fourth-order valence-corrected chi connectivity index (χ4v) is 3.07. The summed E-state index contributed by atoms with van der Waals surface area (Å²) in [5.41, 5.74) is 9.04. The molecule has 3 heteroatoms. The largest absolute Gasteiger partial charge is 0.330 e. The van der Waals surface area contributed by atoms with Crippen molar-refractivity contribution >= 4 is 11.8 Å². The van der Waals surface area contributed by atoms with E-state index in [0.717, 1.165) is 10.5 Å². The molecule has 0 heterocycles. The number of benzene rings is 2. The Bertz CT molecular complexity index is 581. The van der Waals surface area contributed by atoms with Crippen molar-refractivity contribution < 1.29 is 4.39 Å². The molecule has 1 nitrogen and oxygen atoms in total. The minimum absolute atomic E-state index is 0.200. The van der Waals surface area contributed by atoms with Gasteiger partial charge in [0.25, 0.3) is 0 Å². The first-order valence-electron chi connectivity index (χ1n) is 6.34. The van der Waals surface area contributed by atoms with Gasteiger partial charge in [-0.05, 0) is 67.8 Å². The Kier molecular flexibility index (Phi) is 4.61. The number of hydrogen-bond donors (Lipinski definition) is 1. The van der Waals surface area contributed by atoms with Crippen molar-refractivity contribution in [3.63, 3.8) is 0 Å². The maximum atomic E-state index is 13.3. The molecule has 0 unspecified atom stereocenters. The Morgan fingerprint density at radius 2 is 1.84 bits per heavy atom. The zero-order valence-corrected chi connectivity index (χ0v) is 12.1. The minimum Gasteiger partial charge on any atom is -0.330 e. The summed E-state index contributed by atoms with van der Waals surface area (Å²) >= 11 is 1.68. The second kappa shape index (κ2) is 6.22.